The van der Waals surface area contributed by atoms with Crippen molar-refractivity contribution in [1.29, 1.82) is 0 Å². The number of piperazine rings is 1. The van der Waals surface area contributed by atoms with Crippen molar-refractivity contribution in [2.24, 2.45) is 0 Å². The minimum absolute atomic E-state index is 0.0885. The molecule has 0 atom stereocenters. The number of hydrogen-bond acceptors (Lipinski definition) is 3. The highest BCUT2D eigenvalue weighted by Gasteiger charge is 2.23. The van der Waals surface area contributed by atoms with Crippen molar-refractivity contribution in [3.8, 4) is 0 Å². The lowest BCUT2D eigenvalue weighted by Gasteiger charge is -2.34. The van der Waals surface area contributed by atoms with Crippen LogP contribution in [0.2, 0.25) is 0 Å². The van der Waals surface area contributed by atoms with E-state index < -0.39 is 0 Å². The van der Waals surface area contributed by atoms with Gasteiger partial charge in [0.15, 0.2) is 0 Å². The van der Waals surface area contributed by atoms with Gasteiger partial charge in [0, 0.05) is 45.1 Å². The molecule has 0 radical (unpaired) electrons. The molecule has 0 aromatic carbocycles. The van der Waals surface area contributed by atoms with Crippen molar-refractivity contribution in [1.82, 2.24) is 24.2 Å². The van der Waals surface area contributed by atoms with E-state index in [2.05, 4.69) is 32.4 Å². The quantitative estimate of drug-likeness (QED) is 0.801. The average Bonchev–Trinajstić information content (AvgIpc) is 3.24. The molecule has 0 aliphatic carbocycles. The van der Waals surface area contributed by atoms with E-state index in [1.165, 1.54) is 5.69 Å². The number of pyridine rings is 1. The van der Waals surface area contributed by atoms with Gasteiger partial charge in [-0.25, -0.2) is 4.98 Å². The molecule has 0 spiro atoms. The summed E-state index contributed by atoms with van der Waals surface area (Å²) in [5.74, 6) is 0.0885. The minimum Gasteiger partial charge on any atom is -0.357 e. The molecule has 4 rings (SSSR count). The fourth-order valence-electron chi connectivity index (χ4n) is 3.31. The van der Waals surface area contributed by atoms with Crippen LogP contribution in [0, 0.1) is 6.92 Å². The van der Waals surface area contributed by atoms with Crippen LogP contribution in [0.5, 0.6) is 0 Å². The number of H-pyrrole nitrogens is 1. The van der Waals surface area contributed by atoms with Gasteiger partial charge in [0.25, 0.3) is 5.91 Å². The predicted octanol–water partition coefficient (Wildman–Crippen LogP) is 1.93. The fraction of sp³-hybridized carbons (Fsp3) is 0.333. The van der Waals surface area contributed by atoms with Crippen LogP contribution in [0.3, 0.4) is 0 Å². The predicted molar refractivity (Wildman–Crippen MR) is 91.9 cm³/mol. The number of amides is 1. The zero-order chi connectivity index (χ0) is 16.5. The van der Waals surface area contributed by atoms with E-state index in [1.807, 2.05) is 35.2 Å². The molecule has 4 heterocycles. The van der Waals surface area contributed by atoms with Gasteiger partial charge < -0.3 is 14.3 Å². The first-order valence-electron chi connectivity index (χ1n) is 8.30. The summed E-state index contributed by atoms with van der Waals surface area (Å²) in [6.07, 6.45) is 3.85. The van der Waals surface area contributed by atoms with E-state index in [4.69, 9.17) is 0 Å². The van der Waals surface area contributed by atoms with Crippen LogP contribution in [0.1, 0.15) is 21.9 Å². The highest BCUT2D eigenvalue weighted by molar-refractivity contribution is 5.92. The highest BCUT2D eigenvalue weighted by Crippen LogP contribution is 2.16. The fourth-order valence-corrected chi connectivity index (χ4v) is 3.31. The molecule has 1 saturated heterocycles. The molecule has 6 nitrogen and oxygen atoms in total. The molecule has 1 amide bonds. The number of aromatic amines is 1. The number of carbonyl (C=O) groups is 1. The van der Waals surface area contributed by atoms with E-state index in [0.29, 0.717) is 5.69 Å². The van der Waals surface area contributed by atoms with Crippen LogP contribution in [0.25, 0.3) is 5.65 Å². The van der Waals surface area contributed by atoms with Crippen molar-refractivity contribution < 1.29 is 4.79 Å². The second-order valence-electron chi connectivity index (χ2n) is 6.22. The van der Waals surface area contributed by atoms with Crippen LogP contribution >= 0.6 is 0 Å². The van der Waals surface area contributed by atoms with Crippen LogP contribution in [-0.4, -0.2) is 56.3 Å². The summed E-state index contributed by atoms with van der Waals surface area (Å²) in [4.78, 5) is 24.3. The molecule has 3 aromatic rings. The van der Waals surface area contributed by atoms with E-state index >= 15 is 0 Å². The molecule has 6 heteroatoms. The third-order valence-corrected chi connectivity index (χ3v) is 4.69. The molecule has 0 unspecified atom stereocenters. The van der Waals surface area contributed by atoms with Crippen molar-refractivity contribution in [3.63, 3.8) is 0 Å². The smallest absolute Gasteiger partial charge is 0.270 e. The van der Waals surface area contributed by atoms with Gasteiger partial charge in [-0.05, 0) is 31.2 Å². The van der Waals surface area contributed by atoms with Crippen molar-refractivity contribution in [3.05, 3.63) is 59.8 Å². The van der Waals surface area contributed by atoms with Crippen LogP contribution in [0.15, 0.2) is 42.7 Å². The molecule has 24 heavy (non-hydrogen) atoms. The molecule has 1 aliphatic rings. The number of carbonyl (C=O) groups excluding carboxylic acids is 1. The van der Waals surface area contributed by atoms with Gasteiger partial charge in [0.05, 0.1) is 11.4 Å². The summed E-state index contributed by atoms with van der Waals surface area (Å²) in [6.45, 7) is 6.20. The summed E-state index contributed by atoms with van der Waals surface area (Å²) < 4.78 is 2.16. The Morgan fingerprint density at radius 3 is 2.75 bits per heavy atom. The van der Waals surface area contributed by atoms with Gasteiger partial charge in [-0.1, -0.05) is 6.07 Å². The van der Waals surface area contributed by atoms with Crippen LogP contribution in [-0.2, 0) is 6.54 Å². The zero-order valence-corrected chi connectivity index (χ0v) is 13.8. The largest absolute Gasteiger partial charge is 0.357 e. The van der Waals surface area contributed by atoms with Crippen LogP contribution < -0.4 is 0 Å². The number of nitrogens with one attached hydrogen (secondary N) is 1. The first-order valence-corrected chi connectivity index (χ1v) is 8.30. The summed E-state index contributed by atoms with van der Waals surface area (Å²) in [5.41, 5.74) is 3.97. The third-order valence-electron chi connectivity index (χ3n) is 4.69. The lowest BCUT2D eigenvalue weighted by molar-refractivity contribution is 0.0621. The topological polar surface area (TPSA) is 56.6 Å². The summed E-state index contributed by atoms with van der Waals surface area (Å²) in [7, 11) is 0. The number of nitrogens with zero attached hydrogens (tertiary/aromatic N) is 4. The lowest BCUT2D eigenvalue weighted by Crippen LogP contribution is -2.48. The summed E-state index contributed by atoms with van der Waals surface area (Å²) in [5, 5.41) is 0. The number of aromatic nitrogens is 3. The number of imidazole rings is 1. The molecule has 124 valence electrons. The summed E-state index contributed by atoms with van der Waals surface area (Å²) >= 11 is 0. The van der Waals surface area contributed by atoms with E-state index in [1.54, 1.807) is 6.20 Å². The molecule has 0 bridgehead atoms. The maximum atomic E-state index is 12.4. The van der Waals surface area contributed by atoms with Crippen molar-refractivity contribution in [2.45, 2.75) is 13.5 Å². The first kappa shape index (κ1) is 15.0. The molecule has 3 aromatic heterocycles. The molecule has 1 fully saturated rings. The van der Waals surface area contributed by atoms with Crippen LogP contribution in [0.4, 0.5) is 0 Å². The normalized spacial score (nSPS) is 16.0. The number of rotatable bonds is 3. The third kappa shape index (κ3) is 2.69. The van der Waals surface area contributed by atoms with Gasteiger partial charge in [0.1, 0.15) is 11.3 Å². The number of hydrogen-bond donors (Lipinski definition) is 1. The minimum atomic E-state index is 0.0885. The molecular weight excluding hydrogens is 302 g/mol. The van der Waals surface area contributed by atoms with E-state index in [-0.39, 0.29) is 5.91 Å². The monoisotopic (exact) mass is 323 g/mol. The maximum absolute atomic E-state index is 12.4. The van der Waals surface area contributed by atoms with Gasteiger partial charge in [-0.2, -0.15) is 0 Å². The molecule has 0 saturated carbocycles. The Morgan fingerprint density at radius 1 is 1.17 bits per heavy atom. The van der Waals surface area contributed by atoms with Gasteiger partial charge in [-0.15, -0.1) is 0 Å². The van der Waals surface area contributed by atoms with Crippen molar-refractivity contribution >= 4 is 11.6 Å². The second kappa shape index (κ2) is 6.13. The number of fused-ring (bicyclic) bond motifs is 1. The van der Waals surface area contributed by atoms with E-state index in [9.17, 15) is 4.79 Å². The Morgan fingerprint density at radius 2 is 2.00 bits per heavy atom. The molecule has 1 aliphatic heterocycles. The molecule has 1 N–H and O–H groups in total. The Labute approximate surface area is 140 Å². The Hall–Kier alpha value is -2.60. The van der Waals surface area contributed by atoms with Gasteiger partial charge in [-0.3, -0.25) is 9.69 Å². The highest BCUT2D eigenvalue weighted by atomic mass is 16.2. The second-order valence-corrected chi connectivity index (χ2v) is 6.22. The zero-order valence-electron chi connectivity index (χ0n) is 13.8. The standard InChI is InChI=1S/C18H21N5O/c1-14-16(23-8-3-2-6-17(23)20-14)13-21-9-11-22(12-10-21)18(24)15-5-4-7-19-15/h2-8,19H,9-13H2,1H3. The first-order chi connectivity index (χ1) is 11.7. The average molecular weight is 323 g/mol. The van der Waals surface area contributed by atoms with E-state index in [0.717, 1.165) is 44.1 Å². The number of aryl methyl sites for hydroxylation is 1. The Bertz CT molecular complexity index is 844. The Kier molecular flexibility index (Phi) is 3.82. The SMILES string of the molecule is Cc1nc2ccccn2c1CN1CCN(C(=O)c2ccc[nH]2)CC1. The maximum Gasteiger partial charge on any atom is 0.270 e. The van der Waals surface area contributed by atoms with Crippen molar-refractivity contribution in [2.75, 3.05) is 26.2 Å². The van der Waals surface area contributed by atoms with Gasteiger partial charge >= 0.3 is 0 Å². The van der Waals surface area contributed by atoms with Gasteiger partial charge in [0.2, 0.25) is 0 Å². The molecular formula is C18H21N5O. The lowest BCUT2D eigenvalue weighted by atomic mass is 10.2. The summed E-state index contributed by atoms with van der Waals surface area (Å²) in [6, 6.07) is 9.76. The Balaban J connectivity index is 1.43.